The van der Waals surface area contributed by atoms with E-state index in [1.165, 1.54) is 4.68 Å². The molecule has 0 aliphatic rings. The third kappa shape index (κ3) is 3.44. The van der Waals surface area contributed by atoms with Gasteiger partial charge in [-0.3, -0.25) is 4.79 Å². The molecule has 19 heavy (non-hydrogen) atoms. The van der Waals surface area contributed by atoms with E-state index in [1.807, 2.05) is 13.8 Å². The zero-order valence-corrected chi connectivity index (χ0v) is 12.3. The summed E-state index contributed by atoms with van der Waals surface area (Å²) >= 11 is 3.30. The molecule has 1 N–H and O–H groups in total. The number of hydrogen-bond donors (Lipinski definition) is 1. The van der Waals surface area contributed by atoms with E-state index in [-0.39, 0.29) is 5.56 Å². The molecule has 0 fully saturated rings. The summed E-state index contributed by atoms with van der Waals surface area (Å²) in [5, 5.41) is 10.8. The molecule has 0 spiro atoms. The minimum Gasteiger partial charge on any atom is -0.375 e. The Balaban J connectivity index is 2.14. The number of halogens is 1. The molecular weight excluding hydrogens is 312 g/mol. The largest absolute Gasteiger partial charge is 0.375 e. The molecule has 0 amide bonds. The first-order valence-corrected chi connectivity index (χ1v) is 6.76. The van der Waals surface area contributed by atoms with E-state index in [0.717, 1.165) is 0 Å². The number of rotatable bonds is 5. The predicted molar refractivity (Wildman–Crippen MR) is 74.9 cm³/mol. The number of nitrogens with zero attached hydrogens (tertiary/aromatic N) is 3. The van der Waals surface area contributed by atoms with Crippen molar-refractivity contribution in [2.24, 2.45) is 5.92 Å². The quantitative estimate of drug-likeness (QED) is 0.912. The first kappa shape index (κ1) is 13.8. The van der Waals surface area contributed by atoms with E-state index >= 15 is 0 Å². The summed E-state index contributed by atoms with van der Waals surface area (Å²) in [5.74, 6) is 1.06. The molecule has 7 heteroatoms. The molecule has 0 radical (unpaired) electrons. The monoisotopic (exact) mass is 326 g/mol. The fourth-order valence-corrected chi connectivity index (χ4v) is 2.03. The van der Waals surface area contributed by atoms with Gasteiger partial charge in [-0.25, -0.2) is 4.68 Å². The molecule has 0 bridgehead atoms. The molecule has 2 rings (SSSR count). The highest BCUT2D eigenvalue weighted by Crippen LogP contribution is 2.17. The summed E-state index contributed by atoms with van der Waals surface area (Å²) in [6.07, 6.45) is 3.20. The van der Waals surface area contributed by atoms with Crippen molar-refractivity contribution in [2.75, 3.05) is 5.32 Å². The molecule has 0 saturated carbocycles. The van der Waals surface area contributed by atoms with Gasteiger partial charge in [-0.2, -0.15) is 5.10 Å². The third-order valence-electron chi connectivity index (χ3n) is 2.47. The van der Waals surface area contributed by atoms with Crippen molar-refractivity contribution >= 4 is 21.6 Å². The molecule has 0 aliphatic heterocycles. The average molecular weight is 327 g/mol. The average Bonchev–Trinajstić information content (AvgIpc) is 2.87. The van der Waals surface area contributed by atoms with Crippen molar-refractivity contribution in [3.8, 4) is 0 Å². The fraction of sp³-hybridized carbons (Fsp3) is 0.417. The lowest BCUT2D eigenvalue weighted by molar-refractivity contribution is 0.388. The van der Waals surface area contributed by atoms with Crippen molar-refractivity contribution in [1.29, 1.82) is 0 Å². The summed E-state index contributed by atoms with van der Waals surface area (Å²) in [6.45, 7) is 5.13. The SMILES string of the molecule is CC(C)Cn1ncc(NCc2ccno2)c(Br)c1=O. The van der Waals surface area contributed by atoms with Gasteiger partial charge in [0.25, 0.3) is 5.56 Å². The molecule has 0 aliphatic carbocycles. The molecule has 0 unspecified atom stereocenters. The molecular formula is C12H15BrN4O2. The van der Waals surface area contributed by atoms with E-state index in [1.54, 1.807) is 18.5 Å². The first-order valence-electron chi connectivity index (χ1n) is 5.97. The molecule has 2 heterocycles. The van der Waals surface area contributed by atoms with Gasteiger partial charge in [0.2, 0.25) is 0 Å². The minimum absolute atomic E-state index is 0.142. The van der Waals surface area contributed by atoms with Crippen LogP contribution in [0.4, 0.5) is 5.69 Å². The molecule has 2 aromatic rings. The number of nitrogens with one attached hydrogen (secondary N) is 1. The Morgan fingerprint density at radius 1 is 1.53 bits per heavy atom. The Morgan fingerprint density at radius 2 is 2.32 bits per heavy atom. The van der Waals surface area contributed by atoms with Crippen molar-refractivity contribution in [3.63, 3.8) is 0 Å². The summed E-state index contributed by atoms with van der Waals surface area (Å²) in [6, 6.07) is 1.76. The first-order chi connectivity index (χ1) is 9.08. The van der Waals surface area contributed by atoms with Crippen LogP contribution >= 0.6 is 15.9 Å². The van der Waals surface area contributed by atoms with Crippen molar-refractivity contribution in [1.82, 2.24) is 14.9 Å². The minimum atomic E-state index is -0.142. The lowest BCUT2D eigenvalue weighted by Crippen LogP contribution is -2.26. The van der Waals surface area contributed by atoms with Crippen molar-refractivity contribution in [2.45, 2.75) is 26.9 Å². The second kappa shape index (κ2) is 6.01. The van der Waals surface area contributed by atoms with Gasteiger partial charge in [0.15, 0.2) is 5.76 Å². The van der Waals surface area contributed by atoms with E-state index in [0.29, 0.717) is 34.9 Å². The highest BCUT2D eigenvalue weighted by Gasteiger charge is 2.10. The maximum Gasteiger partial charge on any atom is 0.283 e. The number of hydrogen-bond acceptors (Lipinski definition) is 5. The Morgan fingerprint density at radius 3 is 2.95 bits per heavy atom. The van der Waals surface area contributed by atoms with Gasteiger partial charge in [-0.1, -0.05) is 19.0 Å². The Labute approximate surface area is 118 Å². The van der Waals surface area contributed by atoms with Crippen LogP contribution in [-0.2, 0) is 13.1 Å². The van der Waals surface area contributed by atoms with Crippen LogP contribution in [0.5, 0.6) is 0 Å². The number of aromatic nitrogens is 3. The highest BCUT2D eigenvalue weighted by atomic mass is 79.9. The highest BCUT2D eigenvalue weighted by molar-refractivity contribution is 9.10. The van der Waals surface area contributed by atoms with Crippen LogP contribution in [0.25, 0.3) is 0 Å². The Bertz CT molecular complexity index is 592. The van der Waals surface area contributed by atoms with E-state index in [4.69, 9.17) is 4.52 Å². The van der Waals surface area contributed by atoms with Gasteiger partial charge in [0, 0.05) is 12.6 Å². The summed E-state index contributed by atoms with van der Waals surface area (Å²) < 4.78 is 6.90. The smallest absolute Gasteiger partial charge is 0.283 e. The van der Waals surface area contributed by atoms with Gasteiger partial charge in [0.1, 0.15) is 4.47 Å². The van der Waals surface area contributed by atoms with E-state index < -0.39 is 0 Å². The van der Waals surface area contributed by atoms with Crippen LogP contribution < -0.4 is 10.9 Å². The zero-order valence-electron chi connectivity index (χ0n) is 10.8. The summed E-state index contributed by atoms with van der Waals surface area (Å²) in [7, 11) is 0. The van der Waals surface area contributed by atoms with Gasteiger partial charge in [-0.05, 0) is 21.8 Å². The van der Waals surface area contributed by atoms with Gasteiger partial charge >= 0.3 is 0 Å². The standard InChI is InChI=1S/C12H15BrN4O2/c1-8(2)7-17-12(18)11(13)10(6-15-17)14-5-9-3-4-16-19-9/h3-4,6,8,14H,5,7H2,1-2H3. The van der Waals surface area contributed by atoms with Crippen LogP contribution in [0, 0.1) is 5.92 Å². The van der Waals surface area contributed by atoms with E-state index in [2.05, 4.69) is 31.5 Å². The van der Waals surface area contributed by atoms with Crippen LogP contribution in [0.15, 0.2) is 32.3 Å². The summed E-state index contributed by atoms with van der Waals surface area (Å²) in [4.78, 5) is 12.1. The van der Waals surface area contributed by atoms with Gasteiger partial charge in [-0.15, -0.1) is 0 Å². The maximum absolute atomic E-state index is 12.1. The Hall–Kier alpha value is -1.63. The van der Waals surface area contributed by atoms with Crippen LogP contribution in [0.1, 0.15) is 19.6 Å². The normalized spacial score (nSPS) is 10.9. The van der Waals surface area contributed by atoms with Crippen molar-refractivity contribution < 1.29 is 4.52 Å². The lowest BCUT2D eigenvalue weighted by atomic mass is 10.2. The second-order valence-corrected chi connectivity index (χ2v) is 5.38. The van der Waals surface area contributed by atoms with Crippen LogP contribution in [-0.4, -0.2) is 14.9 Å². The van der Waals surface area contributed by atoms with Crippen LogP contribution in [0.3, 0.4) is 0 Å². The zero-order chi connectivity index (χ0) is 13.8. The molecule has 6 nitrogen and oxygen atoms in total. The summed E-state index contributed by atoms with van der Waals surface area (Å²) in [5.41, 5.74) is 0.498. The topological polar surface area (TPSA) is 73.0 Å². The van der Waals surface area contributed by atoms with Gasteiger partial charge in [0.05, 0.1) is 24.6 Å². The van der Waals surface area contributed by atoms with Crippen LogP contribution in [0.2, 0.25) is 0 Å². The number of anilines is 1. The molecule has 102 valence electrons. The fourth-order valence-electron chi connectivity index (χ4n) is 1.58. The lowest BCUT2D eigenvalue weighted by Gasteiger charge is -2.10. The predicted octanol–water partition coefficient (Wildman–Crippen LogP) is 2.26. The second-order valence-electron chi connectivity index (χ2n) is 4.59. The van der Waals surface area contributed by atoms with Gasteiger partial charge < -0.3 is 9.84 Å². The Kier molecular flexibility index (Phi) is 4.36. The molecule has 0 saturated heterocycles. The van der Waals surface area contributed by atoms with Crippen molar-refractivity contribution in [3.05, 3.63) is 39.0 Å². The molecule has 2 aromatic heterocycles. The molecule has 0 atom stereocenters. The van der Waals surface area contributed by atoms with E-state index in [9.17, 15) is 4.79 Å². The maximum atomic E-state index is 12.1. The molecule has 0 aromatic carbocycles. The third-order valence-corrected chi connectivity index (χ3v) is 3.23.